The van der Waals surface area contributed by atoms with Gasteiger partial charge in [-0.25, -0.2) is 0 Å². The molecular weight excluding hydrogens is 276 g/mol. The van der Waals surface area contributed by atoms with Gasteiger partial charge < -0.3 is 10.6 Å². The molecule has 2 fully saturated rings. The van der Waals surface area contributed by atoms with Crippen LogP contribution in [0.1, 0.15) is 20.3 Å². The number of nitrogens with one attached hydrogen (secondary N) is 2. The molecule has 1 atom stereocenters. The van der Waals surface area contributed by atoms with Crippen molar-refractivity contribution in [3.63, 3.8) is 0 Å². The number of amides is 1. The van der Waals surface area contributed by atoms with Crippen LogP contribution < -0.4 is 10.6 Å². The Bertz CT molecular complexity index is 287. The normalized spacial score (nSPS) is 24.6. The maximum atomic E-state index is 11.8. The second-order valence-electron chi connectivity index (χ2n) is 6.16. The highest BCUT2D eigenvalue weighted by atomic mass is 35.5. The quantitative estimate of drug-likeness (QED) is 0.760. The van der Waals surface area contributed by atoms with Gasteiger partial charge in [-0.15, -0.1) is 12.4 Å². The molecule has 0 radical (unpaired) electrons. The molecule has 1 unspecified atom stereocenters. The van der Waals surface area contributed by atoms with Gasteiger partial charge in [0.15, 0.2) is 0 Å². The molecule has 6 heteroatoms. The van der Waals surface area contributed by atoms with Crippen molar-refractivity contribution in [1.29, 1.82) is 0 Å². The van der Waals surface area contributed by atoms with Crippen LogP contribution in [0.5, 0.6) is 0 Å². The average molecular weight is 305 g/mol. The average Bonchev–Trinajstić information content (AvgIpc) is 2.91. The predicted molar refractivity (Wildman–Crippen MR) is 84.4 cm³/mol. The summed E-state index contributed by atoms with van der Waals surface area (Å²) in [6.07, 6.45) is 1.27. The lowest BCUT2D eigenvalue weighted by Crippen LogP contribution is -2.52. The zero-order valence-corrected chi connectivity index (χ0v) is 13.5. The summed E-state index contributed by atoms with van der Waals surface area (Å²) in [5.41, 5.74) is 0. The standard InChI is InChI=1S/C14H28N4O.ClH/c1-12(2)9-16-14(19)11-17-5-7-18(8-6-17)13-3-4-15-10-13;/h12-13,15H,3-11H2,1-2H3,(H,16,19);1H. The Morgan fingerprint density at radius 3 is 2.55 bits per heavy atom. The van der Waals surface area contributed by atoms with E-state index in [1.807, 2.05) is 0 Å². The third kappa shape index (κ3) is 5.56. The third-order valence-electron chi connectivity index (χ3n) is 4.03. The Hall–Kier alpha value is -0.360. The number of piperazine rings is 1. The second kappa shape index (κ2) is 8.82. The van der Waals surface area contributed by atoms with E-state index in [2.05, 4.69) is 34.3 Å². The molecule has 0 aromatic carbocycles. The summed E-state index contributed by atoms with van der Waals surface area (Å²) in [6, 6.07) is 0.719. The minimum atomic E-state index is 0. The lowest BCUT2D eigenvalue weighted by atomic mass is 10.2. The van der Waals surface area contributed by atoms with E-state index in [1.54, 1.807) is 0 Å². The van der Waals surface area contributed by atoms with Crippen molar-refractivity contribution in [2.24, 2.45) is 5.92 Å². The molecular formula is C14H29ClN4O. The highest BCUT2D eigenvalue weighted by Gasteiger charge is 2.26. The summed E-state index contributed by atoms with van der Waals surface area (Å²) in [5, 5.41) is 6.41. The molecule has 0 saturated carbocycles. The molecule has 2 N–H and O–H groups in total. The van der Waals surface area contributed by atoms with Gasteiger partial charge in [-0.05, 0) is 18.9 Å². The number of halogens is 1. The number of hydrogen-bond donors (Lipinski definition) is 2. The van der Waals surface area contributed by atoms with Crippen molar-refractivity contribution in [3.8, 4) is 0 Å². The van der Waals surface area contributed by atoms with Crippen molar-refractivity contribution in [2.45, 2.75) is 26.3 Å². The molecule has 2 heterocycles. The van der Waals surface area contributed by atoms with Crippen LogP contribution in [-0.2, 0) is 4.79 Å². The van der Waals surface area contributed by atoms with E-state index in [-0.39, 0.29) is 18.3 Å². The molecule has 118 valence electrons. The van der Waals surface area contributed by atoms with E-state index >= 15 is 0 Å². The Balaban J connectivity index is 0.00000200. The summed E-state index contributed by atoms with van der Waals surface area (Å²) in [4.78, 5) is 16.6. The van der Waals surface area contributed by atoms with Crippen molar-refractivity contribution in [1.82, 2.24) is 20.4 Å². The second-order valence-corrected chi connectivity index (χ2v) is 6.16. The van der Waals surface area contributed by atoms with E-state index in [0.29, 0.717) is 12.5 Å². The van der Waals surface area contributed by atoms with Gasteiger partial charge in [0.1, 0.15) is 0 Å². The fraction of sp³-hybridized carbons (Fsp3) is 0.929. The molecule has 0 aromatic heterocycles. The minimum absolute atomic E-state index is 0. The molecule has 1 amide bonds. The molecule has 0 aromatic rings. The Morgan fingerprint density at radius 2 is 2.00 bits per heavy atom. The van der Waals surface area contributed by atoms with Crippen LogP contribution in [0.2, 0.25) is 0 Å². The summed E-state index contributed by atoms with van der Waals surface area (Å²) in [5.74, 6) is 0.695. The first-order valence-corrected chi connectivity index (χ1v) is 7.59. The van der Waals surface area contributed by atoms with Crippen molar-refractivity contribution < 1.29 is 4.79 Å². The van der Waals surface area contributed by atoms with Crippen molar-refractivity contribution in [2.75, 3.05) is 52.4 Å². The monoisotopic (exact) mass is 304 g/mol. The molecule has 2 saturated heterocycles. The van der Waals surface area contributed by atoms with E-state index in [9.17, 15) is 4.79 Å². The fourth-order valence-corrected chi connectivity index (χ4v) is 2.81. The molecule has 2 aliphatic rings. The number of carbonyl (C=O) groups excluding carboxylic acids is 1. The van der Waals surface area contributed by atoms with Crippen LogP contribution >= 0.6 is 12.4 Å². The first kappa shape index (κ1) is 17.7. The number of hydrogen-bond acceptors (Lipinski definition) is 4. The highest BCUT2D eigenvalue weighted by molar-refractivity contribution is 5.85. The number of nitrogens with zero attached hydrogens (tertiary/aromatic N) is 2. The van der Waals surface area contributed by atoms with Crippen LogP contribution in [0.25, 0.3) is 0 Å². The smallest absolute Gasteiger partial charge is 0.234 e. The first-order chi connectivity index (χ1) is 9.15. The van der Waals surface area contributed by atoms with Gasteiger partial charge in [0, 0.05) is 45.3 Å². The lowest BCUT2D eigenvalue weighted by molar-refractivity contribution is -0.122. The lowest BCUT2D eigenvalue weighted by Gasteiger charge is -2.37. The van der Waals surface area contributed by atoms with Crippen LogP contribution in [0.3, 0.4) is 0 Å². The molecule has 0 bridgehead atoms. The Kier molecular flexibility index (Phi) is 7.80. The summed E-state index contributed by atoms with van der Waals surface area (Å²) in [7, 11) is 0. The van der Waals surface area contributed by atoms with Crippen LogP contribution in [0.15, 0.2) is 0 Å². The van der Waals surface area contributed by atoms with E-state index in [1.165, 1.54) is 6.42 Å². The third-order valence-corrected chi connectivity index (χ3v) is 4.03. The van der Waals surface area contributed by atoms with Gasteiger partial charge in [-0.2, -0.15) is 0 Å². The van der Waals surface area contributed by atoms with Crippen LogP contribution in [-0.4, -0.2) is 74.1 Å². The summed E-state index contributed by atoms with van der Waals surface area (Å²) < 4.78 is 0. The highest BCUT2D eigenvalue weighted by Crippen LogP contribution is 2.11. The fourth-order valence-electron chi connectivity index (χ4n) is 2.81. The molecule has 0 spiro atoms. The Morgan fingerprint density at radius 1 is 1.30 bits per heavy atom. The molecule has 2 rings (SSSR count). The Labute approximate surface area is 128 Å². The van der Waals surface area contributed by atoms with E-state index in [0.717, 1.165) is 51.9 Å². The SMILES string of the molecule is CC(C)CNC(=O)CN1CCN(C2CCNC2)CC1.Cl. The number of carbonyl (C=O) groups is 1. The predicted octanol–water partition coefficient (Wildman–Crippen LogP) is 0.160. The van der Waals surface area contributed by atoms with Gasteiger partial charge >= 0.3 is 0 Å². The van der Waals surface area contributed by atoms with Gasteiger partial charge in [-0.1, -0.05) is 13.8 Å². The molecule has 0 aliphatic carbocycles. The van der Waals surface area contributed by atoms with Gasteiger partial charge in [0.25, 0.3) is 0 Å². The minimum Gasteiger partial charge on any atom is -0.355 e. The van der Waals surface area contributed by atoms with Gasteiger partial charge in [-0.3, -0.25) is 14.6 Å². The van der Waals surface area contributed by atoms with E-state index in [4.69, 9.17) is 0 Å². The molecule has 20 heavy (non-hydrogen) atoms. The summed E-state index contributed by atoms with van der Waals surface area (Å²) in [6.45, 7) is 12.1. The number of rotatable bonds is 5. The topological polar surface area (TPSA) is 47.6 Å². The van der Waals surface area contributed by atoms with Crippen molar-refractivity contribution in [3.05, 3.63) is 0 Å². The molecule has 5 nitrogen and oxygen atoms in total. The van der Waals surface area contributed by atoms with Crippen LogP contribution in [0, 0.1) is 5.92 Å². The van der Waals surface area contributed by atoms with Gasteiger partial charge in [0.2, 0.25) is 5.91 Å². The zero-order chi connectivity index (χ0) is 13.7. The summed E-state index contributed by atoms with van der Waals surface area (Å²) >= 11 is 0. The van der Waals surface area contributed by atoms with Crippen LogP contribution in [0.4, 0.5) is 0 Å². The first-order valence-electron chi connectivity index (χ1n) is 7.59. The maximum Gasteiger partial charge on any atom is 0.234 e. The van der Waals surface area contributed by atoms with Crippen molar-refractivity contribution >= 4 is 18.3 Å². The molecule has 2 aliphatic heterocycles. The van der Waals surface area contributed by atoms with Gasteiger partial charge in [0.05, 0.1) is 6.54 Å². The maximum absolute atomic E-state index is 11.8. The largest absolute Gasteiger partial charge is 0.355 e. The zero-order valence-electron chi connectivity index (χ0n) is 12.7. The van der Waals surface area contributed by atoms with E-state index < -0.39 is 0 Å².